The van der Waals surface area contributed by atoms with Gasteiger partial charge in [-0.25, -0.2) is 98.0 Å². The number of pyridine rings is 5. The number of primary sulfonamides is 4. The first-order valence-corrected chi connectivity index (χ1v) is 43.4. The van der Waals surface area contributed by atoms with Crippen molar-refractivity contribution in [2.75, 3.05) is 69.2 Å². The van der Waals surface area contributed by atoms with E-state index in [1.807, 2.05) is 39.0 Å². The van der Waals surface area contributed by atoms with Crippen LogP contribution in [0.15, 0.2) is 227 Å². The van der Waals surface area contributed by atoms with Crippen LogP contribution in [0.2, 0.25) is 15.5 Å². The van der Waals surface area contributed by atoms with E-state index >= 15 is 0 Å². The fourth-order valence-electron chi connectivity index (χ4n) is 11.1. The number of hydrogen-bond donors (Lipinski definition) is 14. The van der Waals surface area contributed by atoms with E-state index in [4.69, 9.17) is 71.7 Å². The minimum atomic E-state index is -3.75. The molecule has 0 bridgehead atoms. The molecule has 2 fully saturated rings. The molecular weight excluding hydrogens is 1710 g/mol. The lowest BCUT2D eigenvalue weighted by Gasteiger charge is -2.34. The Hall–Kier alpha value is -12.7. The van der Waals surface area contributed by atoms with Crippen LogP contribution < -0.4 is 74.8 Å². The van der Waals surface area contributed by atoms with Gasteiger partial charge in [0, 0.05) is 110 Å². The van der Waals surface area contributed by atoms with Crippen molar-refractivity contribution in [2.24, 2.45) is 26.4 Å². The lowest BCUT2D eigenvalue weighted by molar-refractivity contribution is 0.0206. The molecule has 42 nitrogen and oxygen atoms in total. The third-order valence-corrected chi connectivity index (χ3v) is 21.1. The molecule has 2 saturated heterocycles. The van der Waals surface area contributed by atoms with Gasteiger partial charge in [-0.15, -0.1) is 20.4 Å². The summed E-state index contributed by atoms with van der Waals surface area (Å²) in [5, 5.41) is 60.9. The van der Waals surface area contributed by atoms with Gasteiger partial charge in [-0.3, -0.25) is 5.84 Å². The van der Waals surface area contributed by atoms with Gasteiger partial charge < -0.3 is 58.0 Å². The molecule has 1 amide bonds. The Morgan fingerprint density at radius 1 is 0.455 bits per heavy atom. The van der Waals surface area contributed by atoms with Gasteiger partial charge in [-0.1, -0.05) is 34.8 Å². The Balaban J connectivity index is 0.000000154. The number of ether oxygens (including phenoxy) is 1. The van der Waals surface area contributed by atoms with Gasteiger partial charge in [0.1, 0.15) is 51.7 Å². The smallest absolute Gasteiger partial charge is 0.410 e. The second-order valence-electron chi connectivity index (χ2n) is 27.1. The molecule has 0 aliphatic carbocycles. The normalized spacial score (nSPS) is 14.1. The molecule has 0 spiro atoms. The maximum atomic E-state index is 12.4. The number of amides is 1. The van der Waals surface area contributed by atoms with Crippen molar-refractivity contribution in [2.45, 2.75) is 83.7 Å². The van der Waals surface area contributed by atoms with Gasteiger partial charge in [0.25, 0.3) is 0 Å². The molecule has 49 heteroatoms. The highest BCUT2D eigenvalue weighted by molar-refractivity contribution is 7.90. The van der Waals surface area contributed by atoms with Gasteiger partial charge in [0.2, 0.25) is 69.8 Å². The first-order chi connectivity index (χ1) is 57.5. The van der Waals surface area contributed by atoms with Crippen LogP contribution in [0.25, 0.3) is 22.7 Å². The van der Waals surface area contributed by atoms with Crippen LogP contribution >= 0.6 is 34.8 Å². The average Bonchev–Trinajstić information content (AvgIpc) is 1.67. The maximum Gasteiger partial charge on any atom is 0.410 e. The second-order valence-corrected chi connectivity index (χ2v) is 34.5. The minimum Gasteiger partial charge on any atom is -0.444 e. The molecule has 2 aliphatic rings. The largest absolute Gasteiger partial charge is 0.444 e. The number of likely N-dealkylation sites (tertiary alicyclic amines) is 1. The molecule has 634 valence electrons. The van der Waals surface area contributed by atoms with Gasteiger partial charge in [-0.2, -0.15) is 24.6 Å². The van der Waals surface area contributed by atoms with E-state index in [0.717, 1.165) is 67.3 Å². The lowest BCUT2D eigenvalue weighted by Crippen LogP contribution is -2.47. The average molecular weight is 1790 g/mol. The van der Waals surface area contributed by atoms with Gasteiger partial charge >= 0.3 is 6.09 Å². The number of carbonyl (C=O) groups is 1. The molecule has 13 aromatic rings. The van der Waals surface area contributed by atoms with Crippen molar-refractivity contribution in [3.05, 3.63) is 223 Å². The van der Waals surface area contributed by atoms with Crippen LogP contribution in [-0.4, -0.2) is 173 Å². The molecular formula is C72H81Cl3N32O10S4. The number of nitrogens with one attached hydrogen (secondary N) is 8. The summed E-state index contributed by atoms with van der Waals surface area (Å²) in [6.45, 7) is 8.75. The highest BCUT2D eigenvalue weighted by atomic mass is 35.5. The zero-order valence-electron chi connectivity index (χ0n) is 64.3. The van der Waals surface area contributed by atoms with E-state index in [1.165, 1.54) is 70.4 Å². The Kier molecular flexibility index (Phi) is 29.4. The standard InChI is InChI=1S/C23H30N8O4S.C18H22N8O2S.C13H12ClN7O2S.C13H11ClN6O2S.C5H6ClN3/c1-23(2,3)35-22(32)30-12-4-5-17(14-30)27-20-13-18(10-11-25-20)31-15-26-21(29-31)28-16-6-8-19(9-7-16)36(24,33)34;19-29(27,28)16-5-3-13(4-6-16)24-18-22-12-26(25-18)15-7-9-21-17(10-15)23-14-2-1-8-20-11-14;14-11-7-9(5-6-17-11)21-12(15)19-13(20-21)18-8-1-3-10(4-2-8)24(16,22)23;14-12-7-10(5-6-16-12)20-8-17-13(19-20)18-9-1-3-11(4-2-9)23(15,21)22;6-5-3-4(9-7)1-2-8-5/h6-11,13,15,17H,4-5,12,14H2,1-3H3,(H,25,27)(H,28,29)(H2,24,33,34);3-7,9-10,12,14,20H,1-2,8,11H2,(H,21,23)(H,24,25)(H2,19,27,28);1-7H,(H2,16,22,23)(H3,15,18,19,20);1-8H,(H,18,19)(H2,15,21,22);1-3H,7H2,(H,8,9). The van der Waals surface area contributed by atoms with Crippen LogP contribution in [0.1, 0.15) is 46.5 Å². The number of hydrogen-bond acceptors (Lipinski definition) is 33. The van der Waals surface area contributed by atoms with Gasteiger partial charge in [-0.05, 0) is 186 Å². The third-order valence-electron chi connectivity index (χ3n) is 16.8. The molecule has 15 rings (SSSR count). The number of nitrogens with two attached hydrogens (primary N) is 6. The number of aromatic nitrogens is 17. The number of nitrogens with zero attached hydrogens (tertiary/aromatic N) is 18. The Bertz CT molecular complexity index is 6170. The fraction of sp³-hybridized carbons (Fsp3) is 0.194. The summed E-state index contributed by atoms with van der Waals surface area (Å²) in [6, 6.07) is 41.7. The number of hydrazine groups is 1. The number of nitrogen functional groups attached to an aromatic ring is 2. The maximum absolute atomic E-state index is 12.4. The quantitative estimate of drug-likeness (QED) is 0.0183. The van der Waals surface area contributed by atoms with E-state index in [0.29, 0.717) is 86.7 Å². The number of benzene rings is 4. The molecule has 2 aliphatic heterocycles. The summed E-state index contributed by atoms with van der Waals surface area (Å²) in [6.07, 6.45) is 16.5. The minimum absolute atomic E-state index is 0.0116. The number of anilines is 12. The first-order valence-electron chi connectivity index (χ1n) is 36.0. The van der Waals surface area contributed by atoms with E-state index in [1.54, 1.807) is 143 Å². The van der Waals surface area contributed by atoms with Crippen LogP contribution in [0.3, 0.4) is 0 Å². The Labute approximate surface area is 708 Å². The number of carbonyl (C=O) groups excluding carboxylic acids is 1. The predicted octanol–water partition coefficient (Wildman–Crippen LogP) is 8.10. The number of piperidine rings is 2. The summed E-state index contributed by atoms with van der Waals surface area (Å²) in [5.74, 6) is 8.00. The van der Waals surface area contributed by atoms with Crippen LogP contribution in [0.4, 0.5) is 74.6 Å². The van der Waals surface area contributed by atoms with E-state index in [2.05, 4.69) is 108 Å². The molecule has 20 N–H and O–H groups in total. The molecule has 2 unspecified atom stereocenters. The number of halogens is 3. The van der Waals surface area contributed by atoms with Gasteiger partial charge in [0.15, 0.2) is 0 Å². The number of rotatable bonds is 21. The summed E-state index contributed by atoms with van der Waals surface area (Å²) < 4.78 is 102. The fourth-order valence-corrected chi connectivity index (χ4v) is 13.7. The zero-order chi connectivity index (χ0) is 86.7. The second kappa shape index (κ2) is 39.9. The Morgan fingerprint density at radius 3 is 1.21 bits per heavy atom. The van der Waals surface area contributed by atoms with Crippen molar-refractivity contribution >= 4 is 151 Å². The first kappa shape index (κ1) is 89.1. The molecule has 11 heterocycles. The van der Waals surface area contributed by atoms with E-state index < -0.39 is 45.7 Å². The summed E-state index contributed by atoms with van der Waals surface area (Å²) >= 11 is 17.2. The van der Waals surface area contributed by atoms with Crippen molar-refractivity contribution in [3.8, 4) is 22.7 Å². The highest BCUT2D eigenvalue weighted by Gasteiger charge is 2.28. The van der Waals surface area contributed by atoms with Crippen molar-refractivity contribution in [3.63, 3.8) is 0 Å². The van der Waals surface area contributed by atoms with E-state index in [-0.39, 0.29) is 43.6 Å². The summed E-state index contributed by atoms with van der Waals surface area (Å²) in [4.78, 5) is 51.4. The molecule has 4 aromatic carbocycles. The predicted molar refractivity (Wildman–Crippen MR) is 456 cm³/mol. The van der Waals surface area contributed by atoms with Crippen molar-refractivity contribution < 1.29 is 43.2 Å². The molecule has 2 atom stereocenters. The van der Waals surface area contributed by atoms with Crippen LogP contribution in [0, 0.1) is 0 Å². The van der Waals surface area contributed by atoms with Crippen LogP contribution in [0.5, 0.6) is 0 Å². The summed E-state index contributed by atoms with van der Waals surface area (Å²) in [7, 11) is -14.9. The van der Waals surface area contributed by atoms with Gasteiger partial charge in [0.05, 0.1) is 48.0 Å². The monoisotopic (exact) mass is 1790 g/mol. The third kappa shape index (κ3) is 27.2. The summed E-state index contributed by atoms with van der Waals surface area (Å²) in [5.41, 5.74) is 13.9. The van der Waals surface area contributed by atoms with Crippen molar-refractivity contribution in [1.82, 2.24) is 94.2 Å². The molecule has 0 radical (unpaired) electrons. The number of sulfonamides is 4. The lowest BCUT2D eigenvalue weighted by atomic mass is 10.1. The highest BCUT2D eigenvalue weighted by Crippen LogP contribution is 2.26. The molecule has 121 heavy (non-hydrogen) atoms. The van der Waals surface area contributed by atoms with Crippen LogP contribution in [-0.2, 0) is 44.8 Å². The SMILES string of the molecule is CC(C)(C)OC(=O)N1CCCC(Nc2cc(-n3cnc(Nc4ccc(S(N)(=O)=O)cc4)n3)ccn2)C1.NNc1ccnc(Cl)c1.NS(=O)(=O)c1ccc(Nc2ncn(-c3ccnc(Cl)c3)n2)cc1.NS(=O)(=O)c1ccc(Nc2ncn(-c3ccnc(NC4CCCNC4)c3)n2)cc1.Nc1nc(Nc2ccc(S(N)(=O)=O)cc2)nn1-c1ccnc(Cl)c1. The molecule has 0 saturated carbocycles. The Morgan fingerprint density at radius 2 is 0.826 bits per heavy atom. The zero-order valence-corrected chi connectivity index (χ0v) is 69.8. The topological polar surface area (TPSA) is 606 Å². The van der Waals surface area contributed by atoms with Crippen molar-refractivity contribution in [1.29, 1.82) is 0 Å². The van der Waals surface area contributed by atoms with E-state index in [9.17, 15) is 38.5 Å². The molecule has 9 aromatic heterocycles.